The van der Waals surface area contributed by atoms with Gasteiger partial charge in [0.25, 0.3) is 5.91 Å². The maximum absolute atomic E-state index is 12.2. The van der Waals surface area contributed by atoms with Crippen LogP contribution in [-0.4, -0.2) is 28.2 Å². The number of benzene rings is 1. The molecule has 0 bridgehead atoms. The highest BCUT2D eigenvalue weighted by Crippen LogP contribution is 2.17. The predicted octanol–water partition coefficient (Wildman–Crippen LogP) is 3.12. The molecule has 0 aliphatic rings. The molecule has 126 valence electrons. The van der Waals surface area contributed by atoms with Crippen molar-refractivity contribution < 1.29 is 9.59 Å². The van der Waals surface area contributed by atoms with Crippen LogP contribution in [0.3, 0.4) is 0 Å². The van der Waals surface area contributed by atoms with E-state index in [1.165, 1.54) is 6.92 Å². The highest BCUT2D eigenvalue weighted by Gasteiger charge is 2.11. The Morgan fingerprint density at radius 2 is 1.92 bits per heavy atom. The summed E-state index contributed by atoms with van der Waals surface area (Å²) in [5.74, 6) is 1.14. The molecule has 2 aromatic rings. The molecule has 1 heterocycles. The fourth-order valence-electron chi connectivity index (χ4n) is 2.10. The lowest BCUT2D eigenvalue weighted by atomic mass is 10.1. The van der Waals surface area contributed by atoms with Crippen LogP contribution >= 0.6 is 0 Å². The fourth-order valence-corrected chi connectivity index (χ4v) is 2.10. The Morgan fingerprint density at radius 3 is 2.58 bits per heavy atom. The lowest BCUT2D eigenvalue weighted by molar-refractivity contribution is 0.0942. The normalized spacial score (nSPS) is 10.5. The van der Waals surface area contributed by atoms with Gasteiger partial charge in [0.05, 0.1) is 0 Å². The molecule has 1 aromatic carbocycles. The zero-order valence-corrected chi connectivity index (χ0v) is 14.4. The molecule has 2 N–H and O–H groups in total. The molecule has 0 radical (unpaired) electrons. The molecule has 6 heteroatoms. The van der Waals surface area contributed by atoms with E-state index >= 15 is 0 Å². The standard InChI is InChI=1S/C18H22N4O2/c1-11(2)10-19-18(24)16-9-17(21-13(4)20-16)22-15-7-5-6-14(8-15)12(3)23/h5-9,11H,10H2,1-4H3,(H,19,24)(H,20,21,22). The van der Waals surface area contributed by atoms with Crippen molar-refractivity contribution in [2.24, 2.45) is 5.92 Å². The van der Waals surface area contributed by atoms with Crippen molar-refractivity contribution in [2.75, 3.05) is 11.9 Å². The molecule has 24 heavy (non-hydrogen) atoms. The number of anilines is 2. The van der Waals surface area contributed by atoms with Crippen molar-refractivity contribution >= 4 is 23.2 Å². The van der Waals surface area contributed by atoms with E-state index in [4.69, 9.17) is 0 Å². The molecule has 2 rings (SSSR count). The van der Waals surface area contributed by atoms with Gasteiger partial charge in [-0.25, -0.2) is 9.97 Å². The minimum atomic E-state index is -0.227. The van der Waals surface area contributed by atoms with Crippen LogP contribution in [0.15, 0.2) is 30.3 Å². The van der Waals surface area contributed by atoms with Gasteiger partial charge in [-0.3, -0.25) is 9.59 Å². The molecule has 1 aromatic heterocycles. The maximum Gasteiger partial charge on any atom is 0.270 e. The van der Waals surface area contributed by atoms with Crippen molar-refractivity contribution in [3.8, 4) is 0 Å². The first kappa shape index (κ1) is 17.6. The molecular weight excluding hydrogens is 304 g/mol. The number of ketones is 1. The van der Waals surface area contributed by atoms with Gasteiger partial charge in [-0.1, -0.05) is 26.0 Å². The van der Waals surface area contributed by atoms with Gasteiger partial charge in [0.1, 0.15) is 17.3 Å². The molecule has 0 atom stereocenters. The number of amides is 1. The largest absolute Gasteiger partial charge is 0.350 e. The number of nitrogens with zero attached hydrogens (tertiary/aromatic N) is 2. The molecule has 0 aliphatic carbocycles. The molecule has 0 spiro atoms. The summed E-state index contributed by atoms with van der Waals surface area (Å²) in [4.78, 5) is 32.1. The second-order valence-electron chi connectivity index (χ2n) is 6.05. The van der Waals surface area contributed by atoms with Gasteiger partial charge < -0.3 is 10.6 Å². The van der Waals surface area contributed by atoms with E-state index in [-0.39, 0.29) is 11.7 Å². The Morgan fingerprint density at radius 1 is 1.17 bits per heavy atom. The number of rotatable bonds is 6. The SMILES string of the molecule is CC(=O)c1cccc(Nc2cc(C(=O)NCC(C)C)nc(C)n2)c1. The van der Waals surface area contributed by atoms with Crippen LogP contribution in [0.2, 0.25) is 0 Å². The smallest absolute Gasteiger partial charge is 0.270 e. The number of carbonyl (C=O) groups is 2. The lowest BCUT2D eigenvalue weighted by Gasteiger charge is -2.10. The summed E-state index contributed by atoms with van der Waals surface area (Å²) in [7, 11) is 0. The summed E-state index contributed by atoms with van der Waals surface area (Å²) in [6.45, 7) is 7.90. The summed E-state index contributed by atoms with van der Waals surface area (Å²) in [6, 6.07) is 8.73. The summed E-state index contributed by atoms with van der Waals surface area (Å²) in [5, 5.41) is 5.96. The number of Topliss-reactive ketones (excluding diaryl/α,β-unsaturated/α-hetero) is 1. The topological polar surface area (TPSA) is 84.0 Å². The second-order valence-corrected chi connectivity index (χ2v) is 6.05. The molecule has 0 aliphatic heterocycles. The molecule has 0 unspecified atom stereocenters. The van der Waals surface area contributed by atoms with Gasteiger partial charge in [0, 0.05) is 23.9 Å². The summed E-state index contributed by atoms with van der Waals surface area (Å²) < 4.78 is 0. The summed E-state index contributed by atoms with van der Waals surface area (Å²) in [6.07, 6.45) is 0. The Labute approximate surface area is 141 Å². The average Bonchev–Trinajstić information content (AvgIpc) is 2.52. The van der Waals surface area contributed by atoms with Crippen molar-refractivity contribution in [2.45, 2.75) is 27.7 Å². The van der Waals surface area contributed by atoms with Gasteiger partial charge in [-0.2, -0.15) is 0 Å². The Kier molecular flexibility index (Phi) is 5.63. The Hall–Kier alpha value is -2.76. The second kappa shape index (κ2) is 7.68. The van der Waals surface area contributed by atoms with Gasteiger partial charge >= 0.3 is 0 Å². The first-order chi connectivity index (χ1) is 11.3. The van der Waals surface area contributed by atoms with Gasteiger partial charge in [-0.15, -0.1) is 0 Å². The first-order valence-corrected chi connectivity index (χ1v) is 7.87. The van der Waals surface area contributed by atoms with Crippen LogP contribution in [0.1, 0.15) is 47.4 Å². The highest BCUT2D eigenvalue weighted by molar-refractivity contribution is 5.95. The van der Waals surface area contributed by atoms with Crippen molar-refractivity contribution in [3.63, 3.8) is 0 Å². The van der Waals surface area contributed by atoms with Crippen LogP contribution in [0.5, 0.6) is 0 Å². The number of hydrogen-bond donors (Lipinski definition) is 2. The van der Waals surface area contributed by atoms with E-state index < -0.39 is 0 Å². The molecule has 1 amide bonds. The molecule has 0 saturated carbocycles. The van der Waals surface area contributed by atoms with Gasteiger partial charge in [0.2, 0.25) is 0 Å². The van der Waals surface area contributed by atoms with E-state index in [1.54, 1.807) is 31.2 Å². The van der Waals surface area contributed by atoms with E-state index in [9.17, 15) is 9.59 Å². The summed E-state index contributed by atoms with van der Waals surface area (Å²) >= 11 is 0. The predicted molar refractivity (Wildman–Crippen MR) is 93.7 cm³/mol. The minimum Gasteiger partial charge on any atom is -0.350 e. The number of nitrogens with one attached hydrogen (secondary N) is 2. The van der Waals surface area contributed by atoms with E-state index in [0.717, 1.165) is 5.69 Å². The Bertz CT molecular complexity index is 756. The van der Waals surface area contributed by atoms with Crippen molar-refractivity contribution in [1.29, 1.82) is 0 Å². The highest BCUT2D eigenvalue weighted by atomic mass is 16.1. The molecule has 0 fully saturated rings. The zero-order valence-electron chi connectivity index (χ0n) is 14.4. The third-order valence-corrected chi connectivity index (χ3v) is 3.28. The Balaban J connectivity index is 2.20. The van der Waals surface area contributed by atoms with Crippen molar-refractivity contribution in [1.82, 2.24) is 15.3 Å². The van der Waals surface area contributed by atoms with E-state index in [1.807, 2.05) is 19.9 Å². The number of aromatic nitrogens is 2. The zero-order chi connectivity index (χ0) is 17.7. The monoisotopic (exact) mass is 326 g/mol. The van der Waals surface area contributed by atoms with Crippen LogP contribution in [-0.2, 0) is 0 Å². The van der Waals surface area contributed by atoms with Crippen LogP contribution in [0.25, 0.3) is 0 Å². The fraction of sp³-hybridized carbons (Fsp3) is 0.333. The van der Waals surface area contributed by atoms with Gasteiger partial charge in [-0.05, 0) is 31.9 Å². The van der Waals surface area contributed by atoms with E-state index in [2.05, 4.69) is 20.6 Å². The van der Waals surface area contributed by atoms with E-state index in [0.29, 0.717) is 35.4 Å². The average molecular weight is 326 g/mol. The number of hydrogen-bond acceptors (Lipinski definition) is 5. The number of carbonyl (C=O) groups excluding carboxylic acids is 2. The minimum absolute atomic E-state index is 0.00808. The molecule has 6 nitrogen and oxygen atoms in total. The quantitative estimate of drug-likeness (QED) is 0.797. The lowest BCUT2D eigenvalue weighted by Crippen LogP contribution is -2.28. The number of aryl methyl sites for hydroxylation is 1. The van der Waals surface area contributed by atoms with Crippen LogP contribution < -0.4 is 10.6 Å². The molecular formula is C18H22N4O2. The third kappa shape index (κ3) is 4.87. The van der Waals surface area contributed by atoms with Crippen molar-refractivity contribution in [3.05, 3.63) is 47.4 Å². The van der Waals surface area contributed by atoms with Gasteiger partial charge in [0.15, 0.2) is 5.78 Å². The molecule has 0 saturated heterocycles. The summed E-state index contributed by atoms with van der Waals surface area (Å²) in [5.41, 5.74) is 1.66. The first-order valence-electron chi connectivity index (χ1n) is 7.87. The van der Waals surface area contributed by atoms with Crippen LogP contribution in [0.4, 0.5) is 11.5 Å². The third-order valence-electron chi connectivity index (χ3n) is 3.28. The maximum atomic E-state index is 12.2. The van der Waals surface area contributed by atoms with Crippen LogP contribution in [0, 0.1) is 12.8 Å².